The summed E-state index contributed by atoms with van der Waals surface area (Å²) in [6.45, 7) is 4.68. The van der Waals surface area contributed by atoms with Gasteiger partial charge in [-0.15, -0.1) is 11.3 Å². The van der Waals surface area contributed by atoms with Crippen molar-refractivity contribution in [2.75, 3.05) is 5.32 Å². The fourth-order valence-corrected chi connectivity index (χ4v) is 3.39. The minimum Gasteiger partial charge on any atom is -0.355 e. The number of benzene rings is 1. The quantitative estimate of drug-likeness (QED) is 0.865. The highest BCUT2D eigenvalue weighted by atomic mass is 32.1. The van der Waals surface area contributed by atoms with Crippen molar-refractivity contribution >= 4 is 16.5 Å². The molecule has 1 heterocycles. The van der Waals surface area contributed by atoms with Crippen molar-refractivity contribution in [3.63, 3.8) is 0 Å². The van der Waals surface area contributed by atoms with Crippen LogP contribution in [-0.4, -0.2) is 4.98 Å². The summed E-state index contributed by atoms with van der Waals surface area (Å²) in [6.07, 6.45) is 4.24. The molecular formula is C15H18N2S. The third-order valence-electron chi connectivity index (χ3n) is 3.85. The number of nitrogens with zero attached hydrogens (tertiary/aromatic N) is 1. The Labute approximate surface area is 112 Å². The van der Waals surface area contributed by atoms with Gasteiger partial charge in [0.05, 0.1) is 6.04 Å². The lowest BCUT2D eigenvalue weighted by molar-refractivity contribution is 0.406. The normalized spacial score (nSPS) is 21.3. The summed E-state index contributed by atoms with van der Waals surface area (Å²) in [4.78, 5) is 4.33. The van der Waals surface area contributed by atoms with E-state index in [0.29, 0.717) is 6.04 Å². The Bertz CT molecular complexity index is 531. The first kappa shape index (κ1) is 11.7. The van der Waals surface area contributed by atoms with Crippen molar-refractivity contribution in [3.8, 4) is 0 Å². The van der Waals surface area contributed by atoms with Gasteiger partial charge in [-0.2, -0.15) is 0 Å². The Morgan fingerprint density at radius 2 is 2.17 bits per heavy atom. The molecule has 0 aliphatic heterocycles. The highest BCUT2D eigenvalue weighted by molar-refractivity contribution is 7.13. The van der Waals surface area contributed by atoms with Crippen LogP contribution in [-0.2, 0) is 5.41 Å². The Morgan fingerprint density at radius 1 is 1.33 bits per heavy atom. The minimum absolute atomic E-state index is 0.289. The summed E-state index contributed by atoms with van der Waals surface area (Å²) in [6, 6.07) is 9.20. The molecule has 2 aromatic rings. The van der Waals surface area contributed by atoms with Crippen molar-refractivity contribution in [1.29, 1.82) is 0 Å². The monoisotopic (exact) mass is 258 g/mol. The first-order chi connectivity index (χ1) is 8.67. The van der Waals surface area contributed by atoms with Crippen LogP contribution < -0.4 is 5.32 Å². The molecule has 1 aromatic carbocycles. The third-order valence-corrected chi connectivity index (χ3v) is 4.56. The van der Waals surface area contributed by atoms with Crippen molar-refractivity contribution in [2.24, 2.45) is 0 Å². The average molecular weight is 258 g/mol. The van der Waals surface area contributed by atoms with E-state index in [1.54, 1.807) is 11.3 Å². The maximum Gasteiger partial charge on any atom is 0.183 e. The van der Waals surface area contributed by atoms with Gasteiger partial charge in [-0.25, -0.2) is 4.98 Å². The second kappa shape index (κ2) is 4.39. The van der Waals surface area contributed by atoms with Gasteiger partial charge < -0.3 is 5.32 Å². The van der Waals surface area contributed by atoms with Crippen LogP contribution in [0.5, 0.6) is 0 Å². The summed E-state index contributed by atoms with van der Waals surface area (Å²) in [7, 11) is 0. The Kier molecular flexibility index (Phi) is 2.86. The maximum atomic E-state index is 4.33. The standard InChI is InChI=1S/C15H18N2S/c1-15(2)8-7-13(17-14-16-9-10-18-14)11-5-3-4-6-12(11)15/h3-6,9-10,13H,7-8H2,1-2H3,(H,16,17). The molecule has 1 aromatic heterocycles. The fraction of sp³-hybridized carbons (Fsp3) is 0.400. The van der Waals surface area contributed by atoms with Crippen molar-refractivity contribution < 1.29 is 0 Å². The molecule has 0 amide bonds. The zero-order valence-electron chi connectivity index (χ0n) is 10.8. The van der Waals surface area contributed by atoms with E-state index in [0.717, 1.165) is 5.13 Å². The highest BCUT2D eigenvalue weighted by Gasteiger charge is 2.32. The maximum absolute atomic E-state index is 4.33. The lowest BCUT2D eigenvalue weighted by Gasteiger charge is -2.37. The first-order valence-corrected chi connectivity index (χ1v) is 7.30. The van der Waals surface area contributed by atoms with Crippen LogP contribution >= 0.6 is 11.3 Å². The Morgan fingerprint density at radius 3 is 2.94 bits per heavy atom. The topological polar surface area (TPSA) is 24.9 Å². The fourth-order valence-electron chi connectivity index (χ4n) is 2.81. The molecule has 0 saturated carbocycles. The Balaban J connectivity index is 1.94. The molecule has 1 N–H and O–H groups in total. The second-order valence-corrected chi connectivity index (χ2v) is 6.44. The van der Waals surface area contributed by atoms with Crippen LogP contribution in [0, 0.1) is 0 Å². The van der Waals surface area contributed by atoms with Crippen LogP contribution in [0.1, 0.15) is 43.9 Å². The van der Waals surface area contributed by atoms with Crippen molar-refractivity contribution in [3.05, 3.63) is 47.0 Å². The summed E-state index contributed by atoms with van der Waals surface area (Å²) < 4.78 is 0. The average Bonchev–Trinajstić information content (AvgIpc) is 2.86. The number of thiazole rings is 1. The zero-order valence-corrected chi connectivity index (χ0v) is 11.6. The number of hydrogen-bond acceptors (Lipinski definition) is 3. The number of rotatable bonds is 2. The molecule has 1 unspecified atom stereocenters. The predicted octanol–water partition coefficient (Wildman–Crippen LogP) is 4.37. The van der Waals surface area contributed by atoms with Crippen molar-refractivity contribution in [1.82, 2.24) is 4.98 Å². The second-order valence-electron chi connectivity index (χ2n) is 5.54. The van der Waals surface area contributed by atoms with Crippen LogP contribution in [0.25, 0.3) is 0 Å². The van der Waals surface area contributed by atoms with E-state index in [2.05, 4.69) is 48.4 Å². The Hall–Kier alpha value is -1.35. The van der Waals surface area contributed by atoms with Crippen LogP contribution in [0.2, 0.25) is 0 Å². The van der Waals surface area contributed by atoms with E-state index in [1.807, 2.05) is 11.6 Å². The minimum atomic E-state index is 0.289. The molecule has 94 valence electrons. The van der Waals surface area contributed by atoms with E-state index < -0.39 is 0 Å². The van der Waals surface area contributed by atoms with Crippen LogP contribution in [0.4, 0.5) is 5.13 Å². The third kappa shape index (κ3) is 2.03. The molecule has 1 aliphatic rings. The molecule has 2 nitrogen and oxygen atoms in total. The van der Waals surface area contributed by atoms with E-state index >= 15 is 0 Å². The van der Waals surface area contributed by atoms with E-state index in [9.17, 15) is 0 Å². The SMILES string of the molecule is CC1(C)CCC(Nc2nccs2)c2ccccc21. The summed E-state index contributed by atoms with van der Waals surface area (Å²) in [5.74, 6) is 0. The predicted molar refractivity (Wildman–Crippen MR) is 77.2 cm³/mol. The van der Waals surface area contributed by atoms with Crippen LogP contribution in [0.15, 0.2) is 35.8 Å². The first-order valence-electron chi connectivity index (χ1n) is 6.42. The number of fused-ring (bicyclic) bond motifs is 1. The lowest BCUT2D eigenvalue weighted by atomic mass is 9.71. The van der Waals surface area contributed by atoms with Gasteiger partial charge in [-0.05, 0) is 29.4 Å². The molecule has 0 spiro atoms. The summed E-state index contributed by atoms with van der Waals surface area (Å²) in [5.41, 5.74) is 3.20. The molecule has 0 saturated heterocycles. The molecule has 0 bridgehead atoms. The molecule has 3 rings (SSSR count). The van der Waals surface area contributed by atoms with Gasteiger partial charge in [0.25, 0.3) is 0 Å². The lowest BCUT2D eigenvalue weighted by Crippen LogP contribution is -2.29. The van der Waals surface area contributed by atoms with Gasteiger partial charge in [0.1, 0.15) is 0 Å². The number of hydrogen-bond donors (Lipinski definition) is 1. The molecule has 18 heavy (non-hydrogen) atoms. The molecule has 0 fully saturated rings. The van der Waals surface area contributed by atoms with Crippen molar-refractivity contribution in [2.45, 2.75) is 38.1 Å². The summed E-state index contributed by atoms with van der Waals surface area (Å²) in [5, 5.41) is 6.60. The molecular weight excluding hydrogens is 240 g/mol. The van der Waals surface area contributed by atoms with Gasteiger partial charge in [0, 0.05) is 11.6 Å². The number of aromatic nitrogens is 1. The van der Waals surface area contributed by atoms with Gasteiger partial charge >= 0.3 is 0 Å². The molecule has 0 radical (unpaired) electrons. The van der Waals surface area contributed by atoms with Gasteiger partial charge in [-0.1, -0.05) is 38.1 Å². The van der Waals surface area contributed by atoms with E-state index in [4.69, 9.17) is 0 Å². The van der Waals surface area contributed by atoms with E-state index in [-0.39, 0.29) is 5.41 Å². The number of anilines is 1. The molecule has 1 aliphatic carbocycles. The van der Waals surface area contributed by atoms with Gasteiger partial charge in [-0.3, -0.25) is 0 Å². The largest absolute Gasteiger partial charge is 0.355 e. The number of nitrogens with one attached hydrogen (secondary N) is 1. The molecule has 3 heteroatoms. The summed E-state index contributed by atoms with van der Waals surface area (Å²) >= 11 is 1.67. The van der Waals surface area contributed by atoms with Gasteiger partial charge in [0.15, 0.2) is 5.13 Å². The van der Waals surface area contributed by atoms with E-state index in [1.165, 1.54) is 24.0 Å². The highest BCUT2D eigenvalue weighted by Crippen LogP contribution is 2.42. The zero-order chi connectivity index (χ0) is 12.6. The molecule has 1 atom stereocenters. The van der Waals surface area contributed by atoms with Crippen LogP contribution in [0.3, 0.4) is 0 Å². The smallest absolute Gasteiger partial charge is 0.183 e. The van der Waals surface area contributed by atoms with Gasteiger partial charge in [0.2, 0.25) is 0 Å².